The van der Waals surface area contributed by atoms with Crippen molar-refractivity contribution in [2.24, 2.45) is 0 Å². The summed E-state index contributed by atoms with van der Waals surface area (Å²) >= 11 is 0. The van der Waals surface area contributed by atoms with Crippen molar-refractivity contribution >= 4 is 13.7 Å². The standard InChI is InChI=1S/C58H99N2O6P/c1-6-8-10-12-14-16-18-19-20-21-22-23-24-25-26-27-28-29-30-31-32-33-34-35-36-37-38-39-40-41-42-44-46-48-50-52-58(62)59-56(55-66-67(63,64)65-54-53-60(3,4)5)57(61)51-49-47-45-43-17-15-13-11-9-7-2/h8-11,14,16-17,19-20,22-23,25-26,28-29,31-32,43,49,51,56-57,61H,6-7,12-13,15,18,21,24,27,30,33-42,44-48,50,52-55H2,1-5H3,(H-,59,62,63,64)/p+1/b10-8-,11-9+,16-14-,20-19-,23-22-,26-25-,29-28-,32-31-,43-17+,51-49+. The Bertz CT molecular complexity index is 1500. The zero-order valence-electron chi connectivity index (χ0n) is 43.3. The maximum Gasteiger partial charge on any atom is 0.472 e. The van der Waals surface area contributed by atoms with Crippen LogP contribution in [-0.4, -0.2) is 73.4 Å². The van der Waals surface area contributed by atoms with Crippen molar-refractivity contribution in [3.63, 3.8) is 0 Å². The Labute approximate surface area is 412 Å². The number of phosphoric ester groups is 1. The first kappa shape index (κ1) is 63.9. The van der Waals surface area contributed by atoms with Crippen LogP contribution >= 0.6 is 7.82 Å². The highest BCUT2D eigenvalue weighted by Crippen LogP contribution is 2.43. The molecule has 1 amide bonds. The predicted molar refractivity (Wildman–Crippen MR) is 290 cm³/mol. The quantitative estimate of drug-likeness (QED) is 0.0243. The number of phosphoric acid groups is 1. The molecule has 0 aromatic heterocycles. The van der Waals surface area contributed by atoms with Crippen LogP contribution in [0.1, 0.15) is 187 Å². The topological polar surface area (TPSA) is 105 Å². The fourth-order valence-corrected chi connectivity index (χ4v) is 7.56. The Morgan fingerprint density at radius 3 is 1.31 bits per heavy atom. The van der Waals surface area contributed by atoms with Gasteiger partial charge < -0.3 is 19.8 Å². The van der Waals surface area contributed by atoms with Crippen LogP contribution in [0.15, 0.2) is 122 Å². The predicted octanol–water partition coefficient (Wildman–Crippen LogP) is 15.8. The van der Waals surface area contributed by atoms with Crippen molar-refractivity contribution in [1.29, 1.82) is 0 Å². The molecule has 0 aliphatic rings. The van der Waals surface area contributed by atoms with E-state index in [1.807, 2.05) is 27.2 Å². The molecule has 8 nitrogen and oxygen atoms in total. The molecule has 0 rings (SSSR count). The second-order valence-corrected chi connectivity index (χ2v) is 19.9. The van der Waals surface area contributed by atoms with E-state index in [4.69, 9.17) is 9.05 Å². The number of unbranched alkanes of at least 4 members (excludes halogenated alkanes) is 15. The van der Waals surface area contributed by atoms with E-state index in [1.54, 1.807) is 6.08 Å². The molecule has 0 aliphatic carbocycles. The van der Waals surface area contributed by atoms with Gasteiger partial charge in [-0.05, 0) is 96.3 Å². The van der Waals surface area contributed by atoms with Gasteiger partial charge in [-0.25, -0.2) is 4.57 Å². The van der Waals surface area contributed by atoms with Crippen molar-refractivity contribution in [1.82, 2.24) is 5.32 Å². The lowest BCUT2D eigenvalue weighted by Gasteiger charge is -2.25. The zero-order chi connectivity index (χ0) is 49.2. The molecule has 9 heteroatoms. The van der Waals surface area contributed by atoms with Crippen LogP contribution in [0, 0.1) is 0 Å². The molecule has 3 N–H and O–H groups in total. The number of aliphatic hydroxyl groups excluding tert-OH is 1. The number of rotatable bonds is 46. The number of nitrogens with one attached hydrogen (secondary N) is 1. The minimum Gasteiger partial charge on any atom is -0.387 e. The van der Waals surface area contributed by atoms with Gasteiger partial charge >= 0.3 is 7.82 Å². The second-order valence-electron chi connectivity index (χ2n) is 18.5. The molecule has 0 fully saturated rings. The fourth-order valence-electron chi connectivity index (χ4n) is 6.82. The number of hydrogen-bond donors (Lipinski definition) is 3. The highest BCUT2D eigenvalue weighted by atomic mass is 31.2. The smallest absolute Gasteiger partial charge is 0.387 e. The van der Waals surface area contributed by atoms with Crippen LogP contribution in [0.3, 0.4) is 0 Å². The molecular weight excluding hydrogens is 852 g/mol. The molecule has 0 aromatic carbocycles. The van der Waals surface area contributed by atoms with Crippen molar-refractivity contribution in [2.75, 3.05) is 40.9 Å². The van der Waals surface area contributed by atoms with Gasteiger partial charge in [-0.3, -0.25) is 13.8 Å². The number of carbonyl (C=O) groups excluding carboxylic acids is 1. The van der Waals surface area contributed by atoms with Gasteiger partial charge in [0, 0.05) is 6.42 Å². The lowest BCUT2D eigenvalue weighted by molar-refractivity contribution is -0.870. The van der Waals surface area contributed by atoms with Crippen LogP contribution in [-0.2, 0) is 18.4 Å². The van der Waals surface area contributed by atoms with Gasteiger partial charge in [-0.15, -0.1) is 0 Å². The number of quaternary nitrogens is 1. The van der Waals surface area contributed by atoms with Gasteiger partial charge in [0.1, 0.15) is 13.2 Å². The number of allylic oxidation sites excluding steroid dienone is 19. The first-order valence-electron chi connectivity index (χ1n) is 26.4. The van der Waals surface area contributed by atoms with E-state index in [0.717, 1.165) is 96.3 Å². The average molecular weight is 952 g/mol. The monoisotopic (exact) mass is 952 g/mol. The van der Waals surface area contributed by atoms with E-state index in [-0.39, 0.29) is 19.1 Å². The molecule has 3 unspecified atom stereocenters. The van der Waals surface area contributed by atoms with E-state index in [2.05, 4.69) is 129 Å². The minimum absolute atomic E-state index is 0.0476. The Hall–Kier alpha value is -3.10. The Kier molecular flexibility index (Phi) is 45.7. The van der Waals surface area contributed by atoms with Crippen LogP contribution in [0.4, 0.5) is 0 Å². The molecule has 0 aromatic rings. The summed E-state index contributed by atoms with van der Waals surface area (Å²) in [5.41, 5.74) is 0. The number of aliphatic hydroxyl groups is 1. The Balaban J connectivity index is 4.07. The minimum atomic E-state index is -4.36. The molecule has 0 radical (unpaired) electrons. The van der Waals surface area contributed by atoms with Crippen LogP contribution in [0.25, 0.3) is 0 Å². The first-order chi connectivity index (χ1) is 32.5. The SMILES string of the molecule is CC/C=C\C/C=C\C/C=C\C/C=C\C/C=C\C/C=C\C/C=C\CCCCCCCCCCCCCCCC(=O)NC(COP(=O)(O)OCC[N+](C)(C)C)C(O)/C=C/CC/C=C/CC/C=C/CC. The van der Waals surface area contributed by atoms with Gasteiger partial charge in [0.15, 0.2) is 0 Å². The summed E-state index contributed by atoms with van der Waals surface area (Å²) in [7, 11) is 1.53. The lowest BCUT2D eigenvalue weighted by atomic mass is 10.0. The molecule has 67 heavy (non-hydrogen) atoms. The third kappa shape index (κ3) is 50.6. The Morgan fingerprint density at radius 1 is 0.507 bits per heavy atom. The highest BCUT2D eigenvalue weighted by Gasteiger charge is 2.27. The third-order valence-electron chi connectivity index (χ3n) is 10.9. The van der Waals surface area contributed by atoms with Gasteiger partial charge in [0.2, 0.25) is 5.91 Å². The summed E-state index contributed by atoms with van der Waals surface area (Å²) in [5, 5.41) is 13.8. The molecule has 0 saturated carbocycles. The molecule has 0 aliphatic heterocycles. The van der Waals surface area contributed by atoms with Crippen LogP contribution in [0.2, 0.25) is 0 Å². The fraction of sp³-hybridized carbons (Fsp3) is 0.638. The maximum atomic E-state index is 12.9. The van der Waals surface area contributed by atoms with E-state index >= 15 is 0 Å². The molecule has 3 atom stereocenters. The van der Waals surface area contributed by atoms with Crippen molar-refractivity contribution in [3.05, 3.63) is 122 Å². The van der Waals surface area contributed by atoms with E-state index in [0.29, 0.717) is 17.4 Å². The number of amides is 1. The number of nitrogens with zero attached hydrogens (tertiary/aromatic N) is 1. The summed E-state index contributed by atoms with van der Waals surface area (Å²) in [6, 6.07) is -0.876. The second kappa shape index (κ2) is 47.9. The molecular formula is C58H100N2O6P+. The van der Waals surface area contributed by atoms with E-state index in [1.165, 1.54) is 70.6 Å². The van der Waals surface area contributed by atoms with Crippen molar-refractivity contribution in [2.45, 2.75) is 199 Å². The normalized spacial score (nSPS) is 15.0. The van der Waals surface area contributed by atoms with Gasteiger partial charge in [0.25, 0.3) is 0 Å². The molecule has 0 bridgehead atoms. The summed E-state index contributed by atoms with van der Waals surface area (Å²) in [4.78, 5) is 23.1. The molecule has 0 saturated heterocycles. The van der Waals surface area contributed by atoms with Gasteiger partial charge in [0.05, 0.1) is 39.9 Å². The van der Waals surface area contributed by atoms with Crippen LogP contribution in [0.5, 0.6) is 0 Å². The number of hydrogen-bond acceptors (Lipinski definition) is 5. The van der Waals surface area contributed by atoms with E-state index in [9.17, 15) is 19.4 Å². The Morgan fingerprint density at radius 2 is 0.866 bits per heavy atom. The highest BCUT2D eigenvalue weighted by molar-refractivity contribution is 7.47. The summed E-state index contributed by atoms with van der Waals surface area (Å²) in [6.45, 7) is 4.52. The van der Waals surface area contributed by atoms with Crippen LogP contribution < -0.4 is 5.32 Å². The molecule has 382 valence electrons. The van der Waals surface area contributed by atoms with Crippen molar-refractivity contribution in [3.8, 4) is 0 Å². The lowest BCUT2D eigenvalue weighted by Crippen LogP contribution is -2.45. The summed E-state index contributed by atoms with van der Waals surface area (Å²) in [6.07, 6.45) is 71.7. The molecule has 0 spiro atoms. The number of likely N-dealkylation sites (N-methyl/N-ethyl adjacent to an activating group) is 1. The van der Waals surface area contributed by atoms with Gasteiger partial charge in [-0.1, -0.05) is 206 Å². The van der Waals surface area contributed by atoms with Gasteiger partial charge in [-0.2, -0.15) is 0 Å². The zero-order valence-corrected chi connectivity index (χ0v) is 44.2. The number of carbonyl (C=O) groups is 1. The molecule has 0 heterocycles. The first-order valence-corrected chi connectivity index (χ1v) is 27.9. The largest absolute Gasteiger partial charge is 0.472 e. The summed E-state index contributed by atoms with van der Waals surface area (Å²) in [5.74, 6) is -0.201. The third-order valence-corrected chi connectivity index (χ3v) is 11.9. The van der Waals surface area contributed by atoms with E-state index < -0.39 is 20.0 Å². The van der Waals surface area contributed by atoms with Crippen molar-refractivity contribution < 1.29 is 32.9 Å². The average Bonchev–Trinajstić information content (AvgIpc) is 3.29. The summed E-state index contributed by atoms with van der Waals surface area (Å²) < 4.78 is 23.5. The maximum absolute atomic E-state index is 12.9.